The number of aliphatic hydroxyl groups excluding tert-OH is 1. The zero-order chi connectivity index (χ0) is 12.5. The minimum absolute atomic E-state index is 0.564. The number of ether oxygens (including phenoxy) is 1. The molecule has 1 heterocycles. The van der Waals surface area contributed by atoms with Crippen molar-refractivity contribution < 1.29 is 9.84 Å². The van der Waals surface area contributed by atoms with Gasteiger partial charge in [-0.1, -0.05) is 30.3 Å². The number of aliphatic hydroxyl groups is 1. The van der Waals surface area contributed by atoms with Crippen molar-refractivity contribution in [1.82, 2.24) is 0 Å². The Morgan fingerprint density at radius 2 is 1.78 bits per heavy atom. The Kier molecular flexibility index (Phi) is 3.37. The highest BCUT2D eigenvalue weighted by atomic mass is 127. The van der Waals surface area contributed by atoms with Gasteiger partial charge in [0.25, 0.3) is 0 Å². The average molecular weight is 352 g/mol. The predicted octanol–water partition coefficient (Wildman–Crippen LogP) is 3.40. The van der Waals surface area contributed by atoms with Crippen molar-refractivity contribution in [2.45, 2.75) is 19.3 Å². The summed E-state index contributed by atoms with van der Waals surface area (Å²) in [6.07, 6.45) is -0.564. The van der Waals surface area contributed by atoms with Gasteiger partial charge < -0.3 is 9.84 Å². The van der Waals surface area contributed by atoms with Gasteiger partial charge in [-0.15, -0.1) is 0 Å². The minimum atomic E-state index is -0.564. The highest BCUT2D eigenvalue weighted by Crippen LogP contribution is 2.28. The van der Waals surface area contributed by atoms with E-state index >= 15 is 0 Å². The highest BCUT2D eigenvalue weighted by Gasteiger charge is 2.16. The normalized spacial score (nSPS) is 15.4. The number of halogens is 1. The molecule has 1 N–H and O–H groups in total. The van der Waals surface area contributed by atoms with Crippen LogP contribution >= 0.6 is 22.6 Å². The van der Waals surface area contributed by atoms with E-state index in [9.17, 15) is 5.11 Å². The molecule has 18 heavy (non-hydrogen) atoms. The molecule has 0 aliphatic carbocycles. The van der Waals surface area contributed by atoms with Crippen molar-refractivity contribution >= 4 is 22.6 Å². The molecule has 0 bridgehead atoms. The Bertz CT molecular complexity index is 580. The monoisotopic (exact) mass is 352 g/mol. The van der Waals surface area contributed by atoms with E-state index in [4.69, 9.17) is 4.74 Å². The van der Waals surface area contributed by atoms with E-state index < -0.39 is 6.10 Å². The Balaban J connectivity index is 1.95. The molecular formula is C15H13IO2. The van der Waals surface area contributed by atoms with Crippen molar-refractivity contribution in [2.75, 3.05) is 0 Å². The van der Waals surface area contributed by atoms with Crippen LogP contribution in [0.15, 0.2) is 42.5 Å². The molecule has 3 rings (SSSR count). The van der Waals surface area contributed by atoms with Crippen molar-refractivity contribution in [1.29, 1.82) is 0 Å². The molecule has 1 aliphatic rings. The number of hydrogen-bond donors (Lipinski definition) is 1. The maximum atomic E-state index is 10.4. The molecule has 0 saturated carbocycles. The lowest BCUT2D eigenvalue weighted by molar-refractivity contribution is 0.134. The molecule has 0 aromatic heterocycles. The Labute approximate surface area is 120 Å². The summed E-state index contributed by atoms with van der Waals surface area (Å²) in [7, 11) is 0. The topological polar surface area (TPSA) is 29.5 Å². The third kappa shape index (κ3) is 2.30. The fourth-order valence-corrected chi connectivity index (χ4v) is 2.80. The lowest BCUT2D eigenvalue weighted by Gasteiger charge is -2.13. The summed E-state index contributed by atoms with van der Waals surface area (Å²) in [4.78, 5) is 0. The molecule has 2 nitrogen and oxygen atoms in total. The molecule has 1 atom stereocenters. The Morgan fingerprint density at radius 3 is 2.61 bits per heavy atom. The summed E-state index contributed by atoms with van der Waals surface area (Å²) in [5.41, 5.74) is 4.28. The lowest BCUT2D eigenvalue weighted by atomic mass is 9.98. The number of fused-ring (bicyclic) bond motifs is 1. The van der Waals surface area contributed by atoms with E-state index in [0.29, 0.717) is 13.2 Å². The van der Waals surface area contributed by atoms with Crippen molar-refractivity contribution in [2.24, 2.45) is 0 Å². The largest absolute Gasteiger partial charge is 0.384 e. The lowest BCUT2D eigenvalue weighted by Crippen LogP contribution is -2.01. The Hall–Kier alpha value is -0.910. The highest BCUT2D eigenvalue weighted by molar-refractivity contribution is 14.1. The van der Waals surface area contributed by atoms with Crippen LogP contribution < -0.4 is 0 Å². The first-order valence-corrected chi connectivity index (χ1v) is 6.95. The van der Waals surface area contributed by atoms with Crippen molar-refractivity contribution in [3.8, 4) is 0 Å². The zero-order valence-corrected chi connectivity index (χ0v) is 11.9. The number of hydrogen-bond acceptors (Lipinski definition) is 2. The van der Waals surface area contributed by atoms with Crippen LogP contribution in [0.5, 0.6) is 0 Å². The Morgan fingerprint density at radius 1 is 1.00 bits per heavy atom. The third-order valence-corrected chi connectivity index (χ3v) is 3.90. The van der Waals surface area contributed by atoms with Gasteiger partial charge in [-0.05, 0) is 57.0 Å². The van der Waals surface area contributed by atoms with Crippen LogP contribution in [-0.4, -0.2) is 5.11 Å². The third-order valence-electron chi connectivity index (χ3n) is 3.23. The molecule has 0 amide bonds. The predicted molar refractivity (Wildman–Crippen MR) is 78.2 cm³/mol. The van der Waals surface area contributed by atoms with Gasteiger partial charge in [0.05, 0.1) is 13.2 Å². The molecule has 0 saturated heterocycles. The van der Waals surface area contributed by atoms with Gasteiger partial charge >= 0.3 is 0 Å². The molecule has 0 radical (unpaired) electrons. The zero-order valence-electron chi connectivity index (χ0n) is 9.77. The number of benzene rings is 2. The van der Waals surface area contributed by atoms with Crippen LogP contribution in [0.1, 0.15) is 28.4 Å². The van der Waals surface area contributed by atoms with Crippen LogP contribution in [0.25, 0.3) is 0 Å². The van der Waals surface area contributed by atoms with Crippen LogP contribution in [0.3, 0.4) is 0 Å². The van der Waals surface area contributed by atoms with E-state index in [2.05, 4.69) is 28.7 Å². The van der Waals surface area contributed by atoms with Crippen molar-refractivity contribution in [3.63, 3.8) is 0 Å². The van der Waals surface area contributed by atoms with Gasteiger partial charge in [0, 0.05) is 3.57 Å². The fraction of sp³-hybridized carbons (Fsp3) is 0.200. The van der Waals surface area contributed by atoms with E-state index in [1.165, 1.54) is 11.1 Å². The first-order chi connectivity index (χ1) is 8.74. The molecular weight excluding hydrogens is 339 g/mol. The smallest absolute Gasteiger partial charge is 0.104 e. The first-order valence-electron chi connectivity index (χ1n) is 5.87. The minimum Gasteiger partial charge on any atom is -0.384 e. The second-order valence-electron chi connectivity index (χ2n) is 4.48. The molecule has 2 aromatic carbocycles. The van der Waals surface area contributed by atoms with E-state index in [1.807, 2.05) is 36.4 Å². The van der Waals surface area contributed by atoms with E-state index in [-0.39, 0.29) is 0 Å². The second-order valence-corrected chi connectivity index (χ2v) is 5.72. The molecule has 3 heteroatoms. The van der Waals surface area contributed by atoms with Crippen LogP contribution in [0, 0.1) is 3.57 Å². The van der Waals surface area contributed by atoms with Crippen LogP contribution in [-0.2, 0) is 18.0 Å². The summed E-state index contributed by atoms with van der Waals surface area (Å²) in [5.74, 6) is 0. The summed E-state index contributed by atoms with van der Waals surface area (Å²) in [6.45, 7) is 1.34. The maximum absolute atomic E-state index is 10.4. The molecule has 1 aliphatic heterocycles. The maximum Gasteiger partial charge on any atom is 0.104 e. The van der Waals surface area contributed by atoms with Gasteiger partial charge in [0.15, 0.2) is 0 Å². The average Bonchev–Trinajstić information content (AvgIpc) is 2.85. The van der Waals surface area contributed by atoms with Gasteiger partial charge in [0.2, 0.25) is 0 Å². The van der Waals surface area contributed by atoms with Gasteiger partial charge in [-0.25, -0.2) is 0 Å². The first kappa shape index (κ1) is 12.1. The van der Waals surface area contributed by atoms with E-state index in [1.54, 1.807) is 0 Å². The summed E-state index contributed by atoms with van der Waals surface area (Å²) in [5, 5.41) is 10.4. The van der Waals surface area contributed by atoms with Crippen LogP contribution in [0.2, 0.25) is 0 Å². The van der Waals surface area contributed by atoms with Gasteiger partial charge in [-0.2, -0.15) is 0 Å². The number of rotatable bonds is 2. The van der Waals surface area contributed by atoms with Gasteiger partial charge in [0.1, 0.15) is 6.10 Å². The van der Waals surface area contributed by atoms with E-state index in [0.717, 1.165) is 14.7 Å². The molecule has 92 valence electrons. The summed E-state index contributed by atoms with van der Waals surface area (Å²) < 4.78 is 6.52. The summed E-state index contributed by atoms with van der Waals surface area (Å²) >= 11 is 2.26. The molecule has 2 aromatic rings. The summed E-state index contributed by atoms with van der Waals surface area (Å²) in [6, 6.07) is 14.0. The standard InChI is InChI=1S/C15H13IO2/c16-14-3-1-2-10(7-14)15(17)11-4-5-12-8-18-9-13(12)6-11/h1-7,15,17H,8-9H2. The molecule has 0 spiro atoms. The van der Waals surface area contributed by atoms with Gasteiger partial charge in [-0.3, -0.25) is 0 Å². The van der Waals surface area contributed by atoms with Crippen LogP contribution in [0.4, 0.5) is 0 Å². The fourth-order valence-electron chi connectivity index (χ4n) is 2.23. The van der Waals surface area contributed by atoms with Crippen molar-refractivity contribution in [3.05, 3.63) is 68.3 Å². The SMILES string of the molecule is OC(c1cccc(I)c1)c1ccc2c(c1)COC2. The quantitative estimate of drug-likeness (QED) is 0.840. The molecule has 1 unspecified atom stereocenters. The molecule has 0 fully saturated rings. The second kappa shape index (κ2) is 4.99.